The van der Waals surface area contributed by atoms with Gasteiger partial charge in [0.1, 0.15) is 17.9 Å². The van der Waals surface area contributed by atoms with E-state index in [1.807, 2.05) is 0 Å². The topological polar surface area (TPSA) is 128 Å². The number of nitro benzene ring substituents is 1. The first-order chi connectivity index (χ1) is 16.8. The SMILES string of the molecule is CSc1cc([N+](=O)[O-])ccc1N=C(N)CC(=O)N(Cc1ccc(F)cc1)[C@H]1C2CCC(O2)[C@H]1C=O. The Hall–Kier alpha value is -3.31. The number of aldehydes is 1. The second-order valence-electron chi connectivity index (χ2n) is 8.54. The third kappa shape index (κ3) is 5.35. The molecule has 2 aromatic rings. The van der Waals surface area contributed by atoms with Crippen LogP contribution in [0.2, 0.25) is 0 Å². The van der Waals surface area contributed by atoms with Crippen LogP contribution in [0.15, 0.2) is 52.4 Å². The number of nitrogens with zero attached hydrogens (tertiary/aromatic N) is 3. The van der Waals surface area contributed by atoms with Crippen LogP contribution in [0.5, 0.6) is 0 Å². The van der Waals surface area contributed by atoms with Crippen molar-refractivity contribution in [2.45, 2.75) is 49.0 Å². The largest absolute Gasteiger partial charge is 0.387 e. The number of benzene rings is 2. The van der Waals surface area contributed by atoms with Crippen LogP contribution in [0.4, 0.5) is 15.8 Å². The molecule has 2 unspecified atom stereocenters. The highest BCUT2D eigenvalue weighted by molar-refractivity contribution is 7.98. The third-order valence-corrected chi connectivity index (χ3v) is 7.13. The summed E-state index contributed by atoms with van der Waals surface area (Å²) in [5.74, 6) is -1.13. The molecule has 9 nitrogen and oxygen atoms in total. The maximum Gasteiger partial charge on any atom is 0.270 e. The Morgan fingerprint density at radius 3 is 2.66 bits per heavy atom. The molecule has 35 heavy (non-hydrogen) atoms. The van der Waals surface area contributed by atoms with Gasteiger partial charge in [-0.15, -0.1) is 11.8 Å². The minimum atomic E-state index is -0.492. The number of nitrogens with two attached hydrogens (primary N) is 1. The van der Waals surface area contributed by atoms with Crippen molar-refractivity contribution in [2.24, 2.45) is 16.6 Å². The number of carbonyl (C=O) groups excluding carboxylic acids is 2. The molecule has 0 aliphatic carbocycles. The van der Waals surface area contributed by atoms with Crippen LogP contribution in [-0.4, -0.2) is 52.4 Å². The quantitative estimate of drug-likeness (QED) is 0.139. The van der Waals surface area contributed by atoms with Crippen molar-refractivity contribution in [2.75, 3.05) is 6.26 Å². The number of hydrogen-bond donors (Lipinski definition) is 1. The van der Waals surface area contributed by atoms with Crippen LogP contribution in [-0.2, 0) is 20.9 Å². The lowest BCUT2D eigenvalue weighted by atomic mass is 9.84. The molecule has 2 bridgehead atoms. The van der Waals surface area contributed by atoms with Gasteiger partial charge in [-0.1, -0.05) is 12.1 Å². The fourth-order valence-electron chi connectivity index (χ4n) is 4.74. The molecule has 2 saturated heterocycles. The van der Waals surface area contributed by atoms with Crippen molar-refractivity contribution in [1.29, 1.82) is 0 Å². The fraction of sp³-hybridized carbons (Fsp3) is 0.375. The zero-order valence-electron chi connectivity index (χ0n) is 19.0. The zero-order valence-corrected chi connectivity index (χ0v) is 19.8. The lowest BCUT2D eigenvalue weighted by Gasteiger charge is -2.36. The summed E-state index contributed by atoms with van der Waals surface area (Å²) in [6, 6.07) is 9.61. The average Bonchev–Trinajstić information content (AvgIpc) is 3.45. The van der Waals surface area contributed by atoms with E-state index in [0.29, 0.717) is 16.1 Å². The Morgan fingerprint density at radius 2 is 2.00 bits per heavy atom. The molecule has 0 aromatic heterocycles. The minimum absolute atomic E-state index is 0.0370. The fourth-order valence-corrected chi connectivity index (χ4v) is 5.30. The number of aliphatic imine (C=N–C) groups is 1. The number of amidine groups is 1. The summed E-state index contributed by atoms with van der Waals surface area (Å²) in [5, 5.41) is 11.1. The predicted octanol–water partition coefficient (Wildman–Crippen LogP) is 3.61. The second kappa shape index (κ2) is 10.5. The lowest BCUT2D eigenvalue weighted by molar-refractivity contribution is -0.385. The molecule has 11 heteroatoms. The summed E-state index contributed by atoms with van der Waals surface area (Å²) in [6.07, 6.45) is 3.43. The number of hydrogen-bond acceptors (Lipinski definition) is 7. The third-order valence-electron chi connectivity index (χ3n) is 6.36. The molecule has 2 heterocycles. The lowest BCUT2D eigenvalue weighted by Crippen LogP contribution is -2.50. The number of non-ortho nitro benzene ring substituents is 1. The van der Waals surface area contributed by atoms with E-state index >= 15 is 0 Å². The molecule has 2 aliphatic rings. The number of ether oxygens (including phenoxy) is 1. The van der Waals surface area contributed by atoms with E-state index in [4.69, 9.17) is 10.5 Å². The number of fused-ring (bicyclic) bond motifs is 2. The molecule has 0 radical (unpaired) electrons. The molecule has 4 atom stereocenters. The summed E-state index contributed by atoms with van der Waals surface area (Å²) < 4.78 is 19.3. The van der Waals surface area contributed by atoms with Crippen molar-refractivity contribution in [3.63, 3.8) is 0 Å². The number of rotatable bonds is 9. The van der Waals surface area contributed by atoms with Gasteiger partial charge in [0, 0.05) is 23.6 Å². The van der Waals surface area contributed by atoms with E-state index in [1.54, 1.807) is 23.3 Å². The van der Waals surface area contributed by atoms with Crippen LogP contribution < -0.4 is 5.73 Å². The first-order valence-electron chi connectivity index (χ1n) is 11.1. The Kier molecular flexibility index (Phi) is 7.46. The standard InChI is InChI=1S/C24H25FN4O5S/c1-35-21-10-16(29(32)33)6-7-18(21)27-22(26)11-23(31)28(12-14-2-4-15(25)5-3-14)24-17(13-30)19-8-9-20(24)34-19/h2-7,10,13,17,19-20,24H,8-9,11-12H2,1H3,(H2,26,27)/t17-,19?,20?,24-/m1/s1. The first-order valence-corrected chi connectivity index (χ1v) is 12.3. The normalized spacial score (nSPS) is 23.3. The molecule has 2 aromatic carbocycles. The Morgan fingerprint density at radius 1 is 1.29 bits per heavy atom. The van der Waals surface area contributed by atoms with Gasteiger partial charge in [0.05, 0.1) is 41.2 Å². The number of halogens is 1. The van der Waals surface area contributed by atoms with Crippen molar-refractivity contribution in [3.05, 3.63) is 64.0 Å². The molecule has 4 rings (SSSR count). The summed E-state index contributed by atoms with van der Waals surface area (Å²) in [6.45, 7) is 0.168. The van der Waals surface area contributed by atoms with Crippen molar-refractivity contribution < 1.29 is 23.6 Å². The van der Waals surface area contributed by atoms with Crippen LogP contribution in [0.3, 0.4) is 0 Å². The molecule has 1 amide bonds. The van der Waals surface area contributed by atoms with Gasteiger partial charge in [0.2, 0.25) is 5.91 Å². The average molecular weight is 501 g/mol. The molecular formula is C24H25FN4O5S. The van der Waals surface area contributed by atoms with E-state index in [9.17, 15) is 24.1 Å². The van der Waals surface area contributed by atoms with E-state index in [0.717, 1.165) is 19.1 Å². The van der Waals surface area contributed by atoms with Crippen molar-refractivity contribution >= 4 is 41.2 Å². The molecule has 0 saturated carbocycles. The maximum atomic E-state index is 13.5. The van der Waals surface area contributed by atoms with Crippen LogP contribution in [0.1, 0.15) is 24.8 Å². The Bertz CT molecular complexity index is 1160. The van der Waals surface area contributed by atoms with Gasteiger partial charge in [0.25, 0.3) is 5.69 Å². The van der Waals surface area contributed by atoms with Crippen LogP contribution in [0.25, 0.3) is 0 Å². The van der Waals surface area contributed by atoms with Crippen molar-refractivity contribution in [1.82, 2.24) is 4.90 Å². The number of carbonyl (C=O) groups is 2. The van der Waals surface area contributed by atoms with Gasteiger partial charge in [-0.05, 0) is 42.9 Å². The van der Waals surface area contributed by atoms with Gasteiger partial charge in [0.15, 0.2) is 0 Å². The Labute approximate surface area is 205 Å². The summed E-state index contributed by atoms with van der Waals surface area (Å²) in [7, 11) is 0. The summed E-state index contributed by atoms with van der Waals surface area (Å²) >= 11 is 1.28. The van der Waals surface area contributed by atoms with Crippen molar-refractivity contribution in [3.8, 4) is 0 Å². The highest BCUT2D eigenvalue weighted by atomic mass is 32.2. The number of amides is 1. The van der Waals surface area contributed by atoms with Gasteiger partial charge in [-0.25, -0.2) is 9.38 Å². The van der Waals surface area contributed by atoms with Crippen LogP contribution >= 0.6 is 11.8 Å². The van der Waals surface area contributed by atoms with Crippen LogP contribution in [0, 0.1) is 21.8 Å². The van der Waals surface area contributed by atoms with E-state index in [2.05, 4.69) is 4.99 Å². The number of thioether (sulfide) groups is 1. The Balaban J connectivity index is 1.59. The van der Waals surface area contributed by atoms with E-state index in [-0.39, 0.29) is 48.4 Å². The van der Waals surface area contributed by atoms with E-state index in [1.165, 1.54) is 42.1 Å². The smallest absolute Gasteiger partial charge is 0.270 e. The first kappa shape index (κ1) is 24.8. The van der Waals surface area contributed by atoms with E-state index < -0.39 is 16.9 Å². The minimum Gasteiger partial charge on any atom is -0.387 e. The monoisotopic (exact) mass is 500 g/mol. The highest BCUT2D eigenvalue weighted by Gasteiger charge is 2.52. The predicted molar refractivity (Wildman–Crippen MR) is 129 cm³/mol. The maximum absolute atomic E-state index is 13.5. The molecular weight excluding hydrogens is 475 g/mol. The zero-order chi connectivity index (χ0) is 25.1. The highest BCUT2D eigenvalue weighted by Crippen LogP contribution is 2.41. The molecule has 2 N–H and O–H groups in total. The summed E-state index contributed by atoms with van der Waals surface area (Å²) in [4.78, 5) is 42.4. The van der Waals surface area contributed by atoms with Gasteiger partial charge in [-0.3, -0.25) is 14.9 Å². The molecule has 184 valence electrons. The molecule has 2 fully saturated rings. The molecule has 0 spiro atoms. The number of nitro groups is 1. The van der Waals surface area contributed by atoms with Gasteiger partial charge in [-0.2, -0.15) is 0 Å². The van der Waals surface area contributed by atoms with Gasteiger partial charge < -0.3 is 20.2 Å². The van der Waals surface area contributed by atoms with Gasteiger partial charge >= 0.3 is 0 Å². The summed E-state index contributed by atoms with van der Waals surface area (Å²) in [5.41, 5.74) is 7.20. The second-order valence-corrected chi connectivity index (χ2v) is 9.38. The molecule has 2 aliphatic heterocycles.